The summed E-state index contributed by atoms with van der Waals surface area (Å²) < 4.78 is 2.10. The highest BCUT2D eigenvalue weighted by molar-refractivity contribution is 5.99. The molecule has 0 spiro atoms. The lowest BCUT2D eigenvalue weighted by atomic mass is 10.1. The fourth-order valence-corrected chi connectivity index (χ4v) is 4.08. The summed E-state index contributed by atoms with van der Waals surface area (Å²) in [6.07, 6.45) is 2.11. The Labute approximate surface area is 183 Å². The number of nitrogens with one attached hydrogen (secondary N) is 3. The van der Waals surface area contributed by atoms with Crippen molar-refractivity contribution in [1.82, 2.24) is 25.4 Å². The fraction of sp³-hybridized carbons (Fsp3) is 0.375. The molecule has 0 atom stereocenters. The Bertz CT molecular complexity index is 1020. The Hall–Kier alpha value is -2.87. The topological polar surface area (TPSA) is 81.6 Å². The fourth-order valence-electron chi connectivity index (χ4n) is 4.08. The first-order valence-electron chi connectivity index (χ1n) is 10.9. The Balaban J connectivity index is 1.37. The third kappa shape index (κ3) is 5.44. The van der Waals surface area contributed by atoms with Gasteiger partial charge in [0, 0.05) is 82.1 Å². The van der Waals surface area contributed by atoms with Crippen molar-refractivity contribution >= 4 is 16.8 Å². The van der Waals surface area contributed by atoms with Crippen molar-refractivity contribution in [2.24, 2.45) is 7.05 Å². The Kier molecular flexibility index (Phi) is 6.86. The molecule has 4 N–H and O–H groups in total. The van der Waals surface area contributed by atoms with Crippen LogP contribution < -0.4 is 16.0 Å². The number of aryl methyl sites for hydroxylation is 1. The standard InChI is InChI=1S/C24H31N5O2/c1-28-17-20(16-26-15-18-2-5-21(30)6-3-18)22-14-19(4-7-23(22)28)24(31)27-10-13-29-11-8-25-9-12-29/h2-7,14,17,25-26,30H,8-13,15-16H2,1H3,(H,27,31). The summed E-state index contributed by atoms with van der Waals surface area (Å²) in [6, 6.07) is 13.1. The van der Waals surface area contributed by atoms with Gasteiger partial charge in [-0.3, -0.25) is 9.69 Å². The van der Waals surface area contributed by atoms with Crippen molar-refractivity contribution in [2.75, 3.05) is 39.3 Å². The SMILES string of the molecule is Cn1cc(CNCc2ccc(O)cc2)c2cc(C(=O)NCCN3CCNCC3)ccc21. The van der Waals surface area contributed by atoms with Crippen LogP contribution in [0, 0.1) is 0 Å². The van der Waals surface area contributed by atoms with E-state index in [4.69, 9.17) is 0 Å². The highest BCUT2D eigenvalue weighted by atomic mass is 16.3. The first kappa shape index (κ1) is 21.4. The van der Waals surface area contributed by atoms with Gasteiger partial charge in [0.1, 0.15) is 5.75 Å². The highest BCUT2D eigenvalue weighted by Gasteiger charge is 2.13. The normalized spacial score (nSPS) is 14.7. The number of amides is 1. The van der Waals surface area contributed by atoms with Crippen LogP contribution in [0.1, 0.15) is 21.5 Å². The van der Waals surface area contributed by atoms with Gasteiger partial charge in [0.25, 0.3) is 5.91 Å². The summed E-state index contributed by atoms with van der Waals surface area (Å²) >= 11 is 0. The number of hydrogen-bond donors (Lipinski definition) is 4. The lowest BCUT2D eigenvalue weighted by Crippen LogP contribution is -2.46. The second kappa shape index (κ2) is 9.96. The number of nitrogens with zero attached hydrogens (tertiary/aromatic N) is 2. The lowest BCUT2D eigenvalue weighted by Gasteiger charge is -2.27. The maximum atomic E-state index is 12.7. The van der Waals surface area contributed by atoms with E-state index in [-0.39, 0.29) is 11.7 Å². The molecule has 1 aromatic heterocycles. The molecule has 3 aromatic rings. The second-order valence-corrected chi connectivity index (χ2v) is 8.11. The number of hydrogen-bond acceptors (Lipinski definition) is 5. The molecule has 164 valence electrons. The van der Waals surface area contributed by atoms with Gasteiger partial charge in [-0.2, -0.15) is 0 Å². The third-order valence-electron chi connectivity index (χ3n) is 5.84. The summed E-state index contributed by atoms with van der Waals surface area (Å²) in [5.41, 5.74) is 4.08. The second-order valence-electron chi connectivity index (χ2n) is 8.11. The maximum absolute atomic E-state index is 12.7. The molecule has 2 aromatic carbocycles. The van der Waals surface area contributed by atoms with E-state index in [9.17, 15) is 9.90 Å². The zero-order chi connectivity index (χ0) is 21.6. The van der Waals surface area contributed by atoms with Gasteiger partial charge in [0.2, 0.25) is 0 Å². The Morgan fingerprint density at radius 3 is 2.65 bits per heavy atom. The molecular weight excluding hydrogens is 390 g/mol. The highest BCUT2D eigenvalue weighted by Crippen LogP contribution is 2.22. The smallest absolute Gasteiger partial charge is 0.251 e. The number of phenols is 1. The molecule has 7 heteroatoms. The minimum atomic E-state index is -0.0242. The van der Waals surface area contributed by atoms with Gasteiger partial charge in [-0.15, -0.1) is 0 Å². The van der Waals surface area contributed by atoms with E-state index in [0.29, 0.717) is 25.2 Å². The van der Waals surface area contributed by atoms with Crippen LogP contribution in [0.3, 0.4) is 0 Å². The lowest BCUT2D eigenvalue weighted by molar-refractivity contribution is 0.0947. The van der Waals surface area contributed by atoms with Gasteiger partial charge in [0.05, 0.1) is 0 Å². The summed E-state index contributed by atoms with van der Waals surface area (Å²) in [4.78, 5) is 15.1. The van der Waals surface area contributed by atoms with Crippen molar-refractivity contribution in [3.8, 4) is 5.75 Å². The summed E-state index contributed by atoms with van der Waals surface area (Å²) in [5, 5.41) is 20.4. The van der Waals surface area contributed by atoms with Crippen LogP contribution in [-0.4, -0.2) is 59.7 Å². The molecule has 7 nitrogen and oxygen atoms in total. The molecule has 0 aliphatic carbocycles. The van der Waals surface area contributed by atoms with Crippen LogP contribution in [0.15, 0.2) is 48.7 Å². The predicted molar refractivity (Wildman–Crippen MR) is 123 cm³/mol. The molecule has 1 amide bonds. The summed E-state index contributed by atoms with van der Waals surface area (Å²) in [6.45, 7) is 7.05. The number of benzene rings is 2. The van der Waals surface area contributed by atoms with Crippen molar-refractivity contribution in [2.45, 2.75) is 13.1 Å². The van der Waals surface area contributed by atoms with E-state index >= 15 is 0 Å². The van der Waals surface area contributed by atoms with Crippen LogP contribution in [0.25, 0.3) is 10.9 Å². The van der Waals surface area contributed by atoms with Gasteiger partial charge in [-0.25, -0.2) is 0 Å². The van der Waals surface area contributed by atoms with Crippen molar-refractivity contribution in [3.05, 3.63) is 65.4 Å². The van der Waals surface area contributed by atoms with Gasteiger partial charge >= 0.3 is 0 Å². The van der Waals surface area contributed by atoms with E-state index in [1.54, 1.807) is 12.1 Å². The van der Waals surface area contributed by atoms with Crippen LogP contribution in [0.5, 0.6) is 5.75 Å². The molecule has 0 saturated carbocycles. The zero-order valence-electron chi connectivity index (χ0n) is 18.0. The van der Waals surface area contributed by atoms with E-state index in [1.165, 1.54) is 0 Å². The monoisotopic (exact) mass is 421 g/mol. The first-order chi connectivity index (χ1) is 15.1. The van der Waals surface area contributed by atoms with Crippen molar-refractivity contribution in [3.63, 3.8) is 0 Å². The van der Waals surface area contributed by atoms with Crippen LogP contribution in [-0.2, 0) is 20.1 Å². The quantitative estimate of drug-likeness (QED) is 0.446. The van der Waals surface area contributed by atoms with Gasteiger partial charge in [0.15, 0.2) is 0 Å². The summed E-state index contributed by atoms with van der Waals surface area (Å²) in [5.74, 6) is 0.250. The molecular formula is C24H31N5O2. The molecule has 1 aliphatic heterocycles. The number of phenolic OH excluding ortho intramolecular Hbond substituents is 1. The van der Waals surface area contributed by atoms with Gasteiger partial charge in [-0.1, -0.05) is 12.1 Å². The number of aromatic hydroxyl groups is 1. The van der Waals surface area contributed by atoms with E-state index in [1.807, 2.05) is 37.4 Å². The average molecular weight is 422 g/mol. The van der Waals surface area contributed by atoms with Gasteiger partial charge < -0.3 is 25.6 Å². The van der Waals surface area contributed by atoms with Crippen LogP contribution in [0.4, 0.5) is 0 Å². The number of carbonyl (C=O) groups excluding carboxylic acids is 1. The largest absolute Gasteiger partial charge is 0.508 e. The Morgan fingerprint density at radius 2 is 1.87 bits per heavy atom. The molecule has 2 heterocycles. The zero-order valence-corrected chi connectivity index (χ0v) is 18.0. The molecule has 0 bridgehead atoms. The molecule has 1 fully saturated rings. The molecule has 4 rings (SSSR count). The van der Waals surface area contributed by atoms with Gasteiger partial charge in [-0.05, 0) is 41.5 Å². The first-order valence-corrected chi connectivity index (χ1v) is 10.9. The minimum absolute atomic E-state index is 0.0242. The maximum Gasteiger partial charge on any atom is 0.251 e. The molecule has 1 aliphatic rings. The van der Waals surface area contributed by atoms with E-state index < -0.39 is 0 Å². The molecule has 31 heavy (non-hydrogen) atoms. The number of piperazine rings is 1. The number of fused-ring (bicyclic) bond motifs is 1. The third-order valence-corrected chi connectivity index (χ3v) is 5.84. The number of rotatable bonds is 8. The Morgan fingerprint density at radius 1 is 1.10 bits per heavy atom. The molecule has 0 unspecified atom stereocenters. The minimum Gasteiger partial charge on any atom is -0.508 e. The van der Waals surface area contributed by atoms with Crippen molar-refractivity contribution < 1.29 is 9.90 Å². The van der Waals surface area contributed by atoms with E-state index in [2.05, 4.69) is 31.6 Å². The van der Waals surface area contributed by atoms with Crippen LogP contribution in [0.2, 0.25) is 0 Å². The molecule has 0 radical (unpaired) electrons. The van der Waals surface area contributed by atoms with Crippen LogP contribution >= 0.6 is 0 Å². The molecule has 1 saturated heterocycles. The average Bonchev–Trinajstić information content (AvgIpc) is 3.11. The predicted octanol–water partition coefficient (Wildman–Crippen LogP) is 1.81. The number of aromatic nitrogens is 1. The summed E-state index contributed by atoms with van der Waals surface area (Å²) in [7, 11) is 2.03. The number of carbonyl (C=O) groups is 1. The van der Waals surface area contributed by atoms with Crippen molar-refractivity contribution in [1.29, 1.82) is 0 Å². The van der Waals surface area contributed by atoms with E-state index in [0.717, 1.165) is 54.8 Å².